The largest absolute Gasteiger partial charge is 0.285 e. The van der Waals surface area contributed by atoms with Crippen molar-refractivity contribution in [2.24, 2.45) is 5.92 Å². The van der Waals surface area contributed by atoms with Crippen LogP contribution in [0.5, 0.6) is 0 Å². The van der Waals surface area contributed by atoms with Gasteiger partial charge in [-0.25, -0.2) is 0 Å². The molecule has 0 saturated carbocycles. The molecule has 1 aliphatic carbocycles. The summed E-state index contributed by atoms with van der Waals surface area (Å²) in [5.74, 6) is -1.47. The van der Waals surface area contributed by atoms with Gasteiger partial charge in [0.25, 0.3) is 10.1 Å². The van der Waals surface area contributed by atoms with Crippen molar-refractivity contribution in [2.45, 2.75) is 11.7 Å². The van der Waals surface area contributed by atoms with Crippen LogP contribution in [-0.2, 0) is 16.5 Å². The molecule has 0 saturated heterocycles. The van der Waals surface area contributed by atoms with Gasteiger partial charge in [0.2, 0.25) is 0 Å². The second-order valence-corrected chi connectivity index (χ2v) is 6.96. The van der Waals surface area contributed by atoms with Crippen LogP contribution in [0.3, 0.4) is 0 Å². The zero-order valence-corrected chi connectivity index (χ0v) is 12.8. The molecular formula is C17H12N2O3S. The average Bonchev–Trinajstić information content (AvgIpc) is 2.88. The monoisotopic (exact) mass is 324 g/mol. The Morgan fingerprint density at radius 1 is 1.00 bits per heavy atom. The number of rotatable bonds is 3. The van der Waals surface area contributed by atoms with Crippen LogP contribution in [0.2, 0.25) is 0 Å². The summed E-state index contributed by atoms with van der Waals surface area (Å²) in [4.78, 5) is 0. The van der Waals surface area contributed by atoms with Crippen LogP contribution in [0.1, 0.15) is 21.9 Å². The van der Waals surface area contributed by atoms with Gasteiger partial charge in [-0.15, -0.1) is 0 Å². The highest BCUT2D eigenvalue weighted by Crippen LogP contribution is 2.39. The molecule has 1 aliphatic rings. The standard InChI is InChI=1S/C17H12N2O3S/c18-9-14(10-19)17(23(20,21)22)12-5-6-16-13(8-12)7-11-3-1-2-4-15(11)16/h1-6,8,14,17H,7H2,(H,20,21,22). The van der Waals surface area contributed by atoms with E-state index in [4.69, 9.17) is 10.5 Å². The van der Waals surface area contributed by atoms with Crippen molar-refractivity contribution >= 4 is 10.1 Å². The van der Waals surface area contributed by atoms with E-state index in [0.717, 1.165) is 22.3 Å². The van der Waals surface area contributed by atoms with Crippen LogP contribution < -0.4 is 0 Å². The molecule has 114 valence electrons. The molecule has 0 heterocycles. The maximum absolute atomic E-state index is 11.7. The minimum Gasteiger partial charge on any atom is -0.285 e. The van der Waals surface area contributed by atoms with E-state index in [0.29, 0.717) is 6.42 Å². The van der Waals surface area contributed by atoms with E-state index < -0.39 is 21.3 Å². The third kappa shape index (κ3) is 2.59. The van der Waals surface area contributed by atoms with Crippen LogP contribution in [0.4, 0.5) is 0 Å². The van der Waals surface area contributed by atoms with Crippen molar-refractivity contribution in [1.29, 1.82) is 10.5 Å². The van der Waals surface area contributed by atoms with Gasteiger partial charge in [0.15, 0.2) is 5.92 Å². The normalized spacial score (nSPS) is 13.7. The summed E-state index contributed by atoms with van der Waals surface area (Å²) < 4.78 is 32.8. The van der Waals surface area contributed by atoms with Gasteiger partial charge in [-0.2, -0.15) is 18.9 Å². The van der Waals surface area contributed by atoms with Crippen molar-refractivity contribution in [3.05, 3.63) is 59.2 Å². The van der Waals surface area contributed by atoms with E-state index in [1.165, 1.54) is 0 Å². The number of hydrogen-bond acceptors (Lipinski definition) is 4. The Labute approximate surface area is 134 Å². The molecule has 6 heteroatoms. The molecular weight excluding hydrogens is 312 g/mol. The first-order valence-corrected chi connectivity index (χ1v) is 8.42. The summed E-state index contributed by atoms with van der Waals surface area (Å²) in [5.41, 5.74) is 4.41. The van der Waals surface area contributed by atoms with Gasteiger partial charge < -0.3 is 0 Å². The zero-order chi connectivity index (χ0) is 16.6. The molecule has 0 amide bonds. The number of fused-ring (bicyclic) bond motifs is 3. The Morgan fingerprint density at radius 3 is 2.30 bits per heavy atom. The quantitative estimate of drug-likeness (QED) is 0.746. The van der Waals surface area contributed by atoms with Gasteiger partial charge in [-0.1, -0.05) is 42.5 Å². The maximum atomic E-state index is 11.7. The van der Waals surface area contributed by atoms with E-state index in [-0.39, 0.29) is 5.56 Å². The van der Waals surface area contributed by atoms with Crippen molar-refractivity contribution in [3.8, 4) is 23.3 Å². The van der Waals surface area contributed by atoms with E-state index in [9.17, 15) is 13.0 Å². The predicted octanol–water partition coefficient (Wildman–Crippen LogP) is 2.85. The SMILES string of the molecule is N#CC(C#N)C(c1ccc2c(c1)Cc1ccccc1-2)S(=O)(=O)O. The van der Waals surface area contributed by atoms with Gasteiger partial charge in [0.1, 0.15) is 5.25 Å². The highest BCUT2D eigenvalue weighted by Gasteiger charge is 2.35. The van der Waals surface area contributed by atoms with Crippen molar-refractivity contribution in [3.63, 3.8) is 0 Å². The Hall–Kier alpha value is -2.67. The minimum absolute atomic E-state index is 0.257. The van der Waals surface area contributed by atoms with Crippen molar-refractivity contribution < 1.29 is 13.0 Å². The maximum Gasteiger partial charge on any atom is 0.274 e. The summed E-state index contributed by atoms with van der Waals surface area (Å²) in [6.45, 7) is 0. The topological polar surface area (TPSA) is 102 Å². The molecule has 1 atom stereocenters. The van der Waals surface area contributed by atoms with Gasteiger partial charge in [0, 0.05) is 0 Å². The lowest BCUT2D eigenvalue weighted by Gasteiger charge is -2.15. The van der Waals surface area contributed by atoms with Gasteiger partial charge in [-0.3, -0.25) is 4.55 Å². The van der Waals surface area contributed by atoms with Crippen LogP contribution in [-0.4, -0.2) is 13.0 Å². The number of nitriles is 2. The second kappa shape index (κ2) is 5.51. The lowest BCUT2D eigenvalue weighted by molar-refractivity contribution is 0.461. The highest BCUT2D eigenvalue weighted by molar-refractivity contribution is 7.86. The molecule has 0 radical (unpaired) electrons. The first-order chi connectivity index (χ1) is 11.0. The predicted molar refractivity (Wildman–Crippen MR) is 83.7 cm³/mol. The first-order valence-electron chi connectivity index (χ1n) is 6.92. The van der Waals surface area contributed by atoms with Gasteiger partial charge in [-0.05, 0) is 34.2 Å². The Morgan fingerprint density at radius 2 is 1.65 bits per heavy atom. The lowest BCUT2D eigenvalue weighted by atomic mass is 9.97. The van der Waals surface area contributed by atoms with E-state index in [1.54, 1.807) is 30.3 Å². The minimum atomic E-state index is -4.57. The van der Waals surface area contributed by atoms with Crippen LogP contribution in [0.15, 0.2) is 42.5 Å². The highest BCUT2D eigenvalue weighted by atomic mass is 32.2. The Bertz CT molecular complexity index is 954. The third-order valence-corrected chi connectivity index (χ3v) is 5.23. The molecule has 0 fully saturated rings. The lowest BCUT2D eigenvalue weighted by Crippen LogP contribution is -2.20. The summed E-state index contributed by atoms with van der Waals surface area (Å²) in [5, 5.41) is 16.5. The average molecular weight is 324 g/mol. The molecule has 0 spiro atoms. The fourth-order valence-corrected chi connectivity index (χ4v) is 4.00. The van der Waals surface area contributed by atoms with Crippen molar-refractivity contribution in [2.75, 3.05) is 0 Å². The number of nitrogens with zero attached hydrogens (tertiary/aromatic N) is 2. The second-order valence-electron chi connectivity index (χ2n) is 5.42. The Kier molecular flexibility index (Phi) is 3.65. The van der Waals surface area contributed by atoms with Crippen LogP contribution in [0, 0.1) is 28.6 Å². The molecule has 5 nitrogen and oxygen atoms in total. The molecule has 2 aromatic rings. The summed E-state index contributed by atoms with van der Waals surface area (Å²) in [6.07, 6.45) is 0.654. The molecule has 23 heavy (non-hydrogen) atoms. The van der Waals surface area contributed by atoms with Crippen molar-refractivity contribution in [1.82, 2.24) is 0 Å². The summed E-state index contributed by atoms with van der Waals surface area (Å²) in [6, 6.07) is 16.2. The summed E-state index contributed by atoms with van der Waals surface area (Å²) >= 11 is 0. The summed E-state index contributed by atoms with van der Waals surface area (Å²) in [7, 11) is -4.57. The fourth-order valence-electron chi connectivity index (χ4n) is 3.04. The van der Waals surface area contributed by atoms with E-state index in [1.807, 2.05) is 24.3 Å². The fraction of sp³-hybridized carbons (Fsp3) is 0.176. The molecule has 3 rings (SSSR count). The Balaban J connectivity index is 2.11. The molecule has 1 unspecified atom stereocenters. The third-order valence-electron chi connectivity index (χ3n) is 4.05. The van der Waals surface area contributed by atoms with E-state index >= 15 is 0 Å². The smallest absolute Gasteiger partial charge is 0.274 e. The molecule has 1 N–H and O–H groups in total. The number of hydrogen-bond donors (Lipinski definition) is 1. The molecule has 0 aliphatic heterocycles. The first kappa shape index (κ1) is 15.2. The van der Waals surface area contributed by atoms with E-state index in [2.05, 4.69) is 0 Å². The van der Waals surface area contributed by atoms with Gasteiger partial charge in [0.05, 0.1) is 12.1 Å². The molecule has 0 bridgehead atoms. The number of benzene rings is 2. The zero-order valence-electron chi connectivity index (χ0n) is 12.0. The van der Waals surface area contributed by atoms with Crippen LogP contribution in [0.25, 0.3) is 11.1 Å². The van der Waals surface area contributed by atoms with Crippen LogP contribution >= 0.6 is 0 Å². The molecule has 0 aromatic heterocycles. The molecule has 2 aromatic carbocycles. The van der Waals surface area contributed by atoms with Gasteiger partial charge >= 0.3 is 0 Å².